The Bertz CT molecular complexity index is 615. The summed E-state index contributed by atoms with van der Waals surface area (Å²) in [7, 11) is 0. The zero-order chi connectivity index (χ0) is 14.9. The molecule has 1 aliphatic rings. The van der Waals surface area contributed by atoms with E-state index in [-0.39, 0.29) is 0 Å². The molecule has 2 rings (SSSR count). The van der Waals surface area contributed by atoms with Crippen LogP contribution in [0.2, 0.25) is 0 Å². The van der Waals surface area contributed by atoms with E-state index in [4.69, 9.17) is 15.4 Å². The van der Waals surface area contributed by atoms with Crippen molar-refractivity contribution in [1.29, 1.82) is 0 Å². The van der Waals surface area contributed by atoms with Crippen LogP contribution >= 0.6 is 0 Å². The van der Waals surface area contributed by atoms with Gasteiger partial charge in [-0.15, -0.1) is 0 Å². The monoisotopic (exact) mass is 287 g/mol. The van der Waals surface area contributed by atoms with Crippen LogP contribution in [0.15, 0.2) is 16.1 Å². The number of aliphatic hydroxyl groups is 3. The van der Waals surface area contributed by atoms with E-state index < -0.39 is 48.5 Å². The van der Waals surface area contributed by atoms with Gasteiger partial charge >= 0.3 is 5.69 Å². The van der Waals surface area contributed by atoms with Gasteiger partial charge in [-0.05, 0) is 10.6 Å². The fraction of sp³-hybridized carbons (Fsp3) is 0.556. The van der Waals surface area contributed by atoms with E-state index >= 15 is 0 Å². The molecule has 1 aromatic heterocycles. The fourth-order valence-corrected chi connectivity index (χ4v) is 1.84. The van der Waals surface area contributed by atoms with Crippen LogP contribution in [0.5, 0.6) is 0 Å². The van der Waals surface area contributed by atoms with Crippen molar-refractivity contribution in [3.05, 3.63) is 32.9 Å². The molecular formula is C9H10FN5O5. The van der Waals surface area contributed by atoms with Crippen LogP contribution in [-0.2, 0) is 4.74 Å². The van der Waals surface area contributed by atoms with Crippen LogP contribution in [-0.4, -0.2) is 49.8 Å². The molecule has 2 heterocycles. The number of aromatic nitrogens is 2. The molecule has 0 aliphatic carbocycles. The van der Waals surface area contributed by atoms with Crippen molar-refractivity contribution in [2.45, 2.75) is 24.5 Å². The van der Waals surface area contributed by atoms with E-state index in [1.165, 1.54) is 0 Å². The lowest BCUT2D eigenvalue weighted by molar-refractivity contribution is -0.0553. The zero-order valence-corrected chi connectivity index (χ0v) is 9.87. The van der Waals surface area contributed by atoms with Gasteiger partial charge in [-0.2, -0.15) is 4.98 Å². The predicted molar refractivity (Wildman–Crippen MR) is 60.3 cm³/mol. The van der Waals surface area contributed by atoms with Gasteiger partial charge in [0.15, 0.2) is 17.9 Å². The number of nitrogens with zero attached hydrogens (tertiary/aromatic N) is 5. The van der Waals surface area contributed by atoms with Crippen LogP contribution in [0.25, 0.3) is 10.4 Å². The van der Waals surface area contributed by atoms with Crippen LogP contribution in [0.1, 0.15) is 6.23 Å². The number of aliphatic hydroxyl groups excluding tert-OH is 3. The molecule has 0 aromatic carbocycles. The van der Waals surface area contributed by atoms with Crippen molar-refractivity contribution in [3.8, 4) is 0 Å². The third-order valence-electron chi connectivity index (χ3n) is 2.82. The number of rotatable bonds is 3. The summed E-state index contributed by atoms with van der Waals surface area (Å²) in [6.45, 7) is -0.587. The summed E-state index contributed by atoms with van der Waals surface area (Å²) in [4.78, 5) is 17.2. The molecule has 0 unspecified atom stereocenters. The van der Waals surface area contributed by atoms with Gasteiger partial charge in [0.25, 0.3) is 0 Å². The number of halogens is 1. The third-order valence-corrected chi connectivity index (χ3v) is 2.82. The standard InChI is InChI=1S/C9H10FN5O5/c10-3-1-15(9(19)12-7(3)13-14-11)8-6(18)5(17)4(2-16)20-8/h1,4-6,8,16-18H,2H2/t4-,5-,6+,8-/m1/s1. The number of hydrogen-bond acceptors (Lipinski definition) is 7. The van der Waals surface area contributed by atoms with Gasteiger partial charge in [0.05, 0.1) is 6.61 Å². The molecule has 0 spiro atoms. The average molecular weight is 287 g/mol. The van der Waals surface area contributed by atoms with Gasteiger partial charge in [-0.25, -0.2) is 9.18 Å². The molecule has 0 radical (unpaired) electrons. The van der Waals surface area contributed by atoms with E-state index in [1.807, 2.05) is 0 Å². The highest BCUT2D eigenvalue weighted by Crippen LogP contribution is 2.28. The predicted octanol–water partition coefficient (Wildman–Crippen LogP) is -1.06. The third kappa shape index (κ3) is 2.35. The minimum atomic E-state index is -1.55. The molecule has 0 saturated carbocycles. The van der Waals surface area contributed by atoms with Crippen molar-refractivity contribution in [3.63, 3.8) is 0 Å². The minimum absolute atomic E-state index is 0.587. The van der Waals surface area contributed by atoms with Crippen molar-refractivity contribution in [2.75, 3.05) is 6.61 Å². The molecular weight excluding hydrogens is 277 g/mol. The molecule has 4 atom stereocenters. The Morgan fingerprint density at radius 3 is 2.80 bits per heavy atom. The maximum atomic E-state index is 13.5. The minimum Gasteiger partial charge on any atom is -0.394 e. The first-order valence-corrected chi connectivity index (χ1v) is 5.45. The van der Waals surface area contributed by atoms with Gasteiger partial charge in [-0.1, -0.05) is 0 Å². The molecule has 20 heavy (non-hydrogen) atoms. The normalized spacial score (nSPS) is 29.2. The van der Waals surface area contributed by atoms with Crippen LogP contribution in [0.3, 0.4) is 0 Å². The maximum Gasteiger partial charge on any atom is 0.350 e. The van der Waals surface area contributed by atoms with E-state index in [2.05, 4.69) is 15.0 Å². The van der Waals surface area contributed by atoms with Gasteiger partial charge in [0.1, 0.15) is 18.3 Å². The van der Waals surface area contributed by atoms with Crippen molar-refractivity contribution >= 4 is 5.82 Å². The number of ether oxygens (including phenoxy) is 1. The van der Waals surface area contributed by atoms with Crippen molar-refractivity contribution < 1.29 is 24.4 Å². The topological polar surface area (TPSA) is 154 Å². The Hall–Kier alpha value is -2.04. The summed E-state index contributed by atoms with van der Waals surface area (Å²) in [5.41, 5.74) is 7.14. The summed E-state index contributed by atoms with van der Waals surface area (Å²) in [6.07, 6.45) is -4.86. The largest absolute Gasteiger partial charge is 0.394 e. The van der Waals surface area contributed by atoms with E-state index in [0.29, 0.717) is 10.8 Å². The molecule has 1 fully saturated rings. The molecule has 1 saturated heterocycles. The summed E-state index contributed by atoms with van der Waals surface area (Å²) >= 11 is 0. The van der Waals surface area contributed by atoms with Crippen LogP contribution in [0.4, 0.5) is 10.2 Å². The van der Waals surface area contributed by atoms with Crippen LogP contribution in [0, 0.1) is 5.82 Å². The van der Waals surface area contributed by atoms with Crippen molar-refractivity contribution in [2.24, 2.45) is 5.11 Å². The molecule has 0 bridgehead atoms. The summed E-state index contributed by atoms with van der Waals surface area (Å²) in [6, 6.07) is 0. The van der Waals surface area contributed by atoms with Gasteiger partial charge in [-0.3, -0.25) is 4.57 Å². The van der Waals surface area contributed by atoms with Gasteiger partial charge < -0.3 is 20.1 Å². The molecule has 3 N–H and O–H groups in total. The first kappa shape index (κ1) is 14.4. The average Bonchev–Trinajstić information content (AvgIpc) is 2.70. The lowest BCUT2D eigenvalue weighted by Gasteiger charge is -2.17. The molecule has 1 aliphatic heterocycles. The van der Waals surface area contributed by atoms with Crippen molar-refractivity contribution in [1.82, 2.24) is 9.55 Å². The summed E-state index contributed by atoms with van der Waals surface area (Å²) in [5.74, 6) is -1.83. The molecule has 0 amide bonds. The highest BCUT2D eigenvalue weighted by molar-refractivity contribution is 5.25. The first-order valence-electron chi connectivity index (χ1n) is 5.45. The Morgan fingerprint density at radius 2 is 2.25 bits per heavy atom. The van der Waals surface area contributed by atoms with E-state index in [9.17, 15) is 19.4 Å². The molecule has 11 heteroatoms. The number of hydrogen-bond donors (Lipinski definition) is 3. The lowest BCUT2D eigenvalue weighted by atomic mass is 10.1. The highest BCUT2D eigenvalue weighted by atomic mass is 19.1. The molecule has 108 valence electrons. The second kappa shape index (κ2) is 5.53. The summed E-state index contributed by atoms with van der Waals surface area (Å²) < 4.78 is 19.2. The second-order valence-corrected chi connectivity index (χ2v) is 4.02. The fourth-order valence-electron chi connectivity index (χ4n) is 1.84. The molecule has 10 nitrogen and oxygen atoms in total. The number of azide groups is 1. The van der Waals surface area contributed by atoms with Gasteiger partial charge in [0.2, 0.25) is 0 Å². The maximum absolute atomic E-state index is 13.5. The highest BCUT2D eigenvalue weighted by Gasteiger charge is 2.43. The smallest absolute Gasteiger partial charge is 0.350 e. The van der Waals surface area contributed by atoms with E-state index in [1.54, 1.807) is 0 Å². The summed E-state index contributed by atoms with van der Waals surface area (Å²) in [5, 5.41) is 31.1. The Labute approximate surface area is 110 Å². The Balaban J connectivity index is 2.42. The van der Waals surface area contributed by atoms with E-state index in [0.717, 1.165) is 0 Å². The zero-order valence-electron chi connectivity index (χ0n) is 9.87. The lowest BCUT2D eigenvalue weighted by Crippen LogP contribution is -2.36. The van der Waals surface area contributed by atoms with Gasteiger partial charge in [0, 0.05) is 11.1 Å². The quantitative estimate of drug-likeness (QED) is 0.365. The van der Waals surface area contributed by atoms with Crippen LogP contribution < -0.4 is 5.69 Å². The Morgan fingerprint density at radius 1 is 1.55 bits per heavy atom. The first-order chi connectivity index (χ1) is 9.49. The second-order valence-electron chi connectivity index (χ2n) is 4.02. The SMILES string of the molecule is [N-]=[N+]=Nc1nc(=O)n([C@@H]2O[C@H](CO)[C@@H](O)[C@@H]2O)cc1F. The molecule has 1 aromatic rings. The Kier molecular flexibility index (Phi) is 3.97.